The molecule has 0 aromatic heterocycles. The van der Waals surface area contributed by atoms with Crippen LogP contribution in [0.25, 0.3) is 0 Å². The number of rotatable bonds is 4. The molecule has 0 aliphatic carbocycles. The molecule has 20 heavy (non-hydrogen) atoms. The van der Waals surface area contributed by atoms with Crippen molar-refractivity contribution < 1.29 is 19.2 Å². The van der Waals surface area contributed by atoms with Gasteiger partial charge in [-0.3, -0.25) is 19.8 Å². The van der Waals surface area contributed by atoms with Crippen LogP contribution in [0.5, 0.6) is 0 Å². The van der Waals surface area contributed by atoms with Gasteiger partial charge in [0.05, 0.1) is 25.2 Å². The minimum Gasteiger partial charge on any atom is -0.468 e. The highest BCUT2D eigenvalue weighted by atomic mass is 16.6. The summed E-state index contributed by atoms with van der Waals surface area (Å²) >= 11 is 0. The van der Waals surface area contributed by atoms with E-state index in [1.807, 2.05) is 4.90 Å². The van der Waals surface area contributed by atoms with E-state index in [-0.39, 0.29) is 18.3 Å². The maximum absolute atomic E-state index is 11.7. The number of esters is 1. The topological polar surface area (TPSA) is 81.9 Å². The lowest BCUT2D eigenvalue weighted by molar-refractivity contribution is -0.384. The van der Waals surface area contributed by atoms with Gasteiger partial charge < -0.3 is 9.47 Å². The third-order valence-corrected chi connectivity index (χ3v) is 3.22. The van der Waals surface area contributed by atoms with Crippen LogP contribution in [-0.4, -0.2) is 48.7 Å². The Labute approximate surface area is 116 Å². The van der Waals surface area contributed by atoms with Crippen LogP contribution < -0.4 is 0 Å². The van der Waals surface area contributed by atoms with E-state index in [0.29, 0.717) is 19.7 Å². The molecule has 1 unspecified atom stereocenters. The number of carbonyl (C=O) groups is 1. The first-order chi connectivity index (χ1) is 9.61. The summed E-state index contributed by atoms with van der Waals surface area (Å²) in [5, 5.41) is 10.8. The average molecular weight is 280 g/mol. The van der Waals surface area contributed by atoms with E-state index in [0.717, 1.165) is 5.56 Å². The molecule has 1 aromatic rings. The fourth-order valence-electron chi connectivity index (χ4n) is 2.18. The molecule has 0 spiro atoms. The minimum absolute atomic E-state index is 0.0466. The van der Waals surface area contributed by atoms with Crippen LogP contribution in [0.2, 0.25) is 0 Å². The van der Waals surface area contributed by atoms with Crippen molar-refractivity contribution >= 4 is 11.7 Å². The van der Waals surface area contributed by atoms with E-state index in [1.165, 1.54) is 19.2 Å². The summed E-state index contributed by atoms with van der Waals surface area (Å²) < 4.78 is 10.0. The van der Waals surface area contributed by atoms with E-state index in [2.05, 4.69) is 0 Å². The Hall–Kier alpha value is -1.99. The van der Waals surface area contributed by atoms with Gasteiger partial charge in [0.25, 0.3) is 5.69 Å². The lowest BCUT2D eigenvalue weighted by Crippen LogP contribution is -2.49. The van der Waals surface area contributed by atoms with Crippen LogP contribution in [-0.2, 0) is 20.8 Å². The van der Waals surface area contributed by atoms with Crippen molar-refractivity contribution in [1.29, 1.82) is 0 Å². The van der Waals surface area contributed by atoms with Gasteiger partial charge in [-0.1, -0.05) is 12.1 Å². The first kappa shape index (κ1) is 14.4. The van der Waals surface area contributed by atoms with Crippen LogP contribution in [0, 0.1) is 10.1 Å². The van der Waals surface area contributed by atoms with Gasteiger partial charge in [-0.05, 0) is 5.56 Å². The van der Waals surface area contributed by atoms with Gasteiger partial charge in [0.1, 0.15) is 6.04 Å². The van der Waals surface area contributed by atoms with Crippen LogP contribution >= 0.6 is 0 Å². The minimum atomic E-state index is -0.465. The van der Waals surface area contributed by atoms with Crippen molar-refractivity contribution in [1.82, 2.24) is 4.90 Å². The second-order valence-corrected chi connectivity index (χ2v) is 4.51. The van der Waals surface area contributed by atoms with Crippen LogP contribution in [0.1, 0.15) is 5.56 Å². The van der Waals surface area contributed by atoms with Crippen molar-refractivity contribution in [2.75, 3.05) is 26.9 Å². The zero-order valence-electron chi connectivity index (χ0n) is 11.2. The van der Waals surface area contributed by atoms with Crippen molar-refractivity contribution in [3.63, 3.8) is 0 Å². The molecule has 108 valence electrons. The summed E-state index contributed by atoms with van der Waals surface area (Å²) in [6.45, 7) is 1.84. The molecule has 7 heteroatoms. The monoisotopic (exact) mass is 280 g/mol. The summed E-state index contributed by atoms with van der Waals surface area (Å²) in [5.41, 5.74) is 0.834. The molecular formula is C13H16N2O5. The molecule has 0 radical (unpaired) electrons. The van der Waals surface area contributed by atoms with Gasteiger partial charge >= 0.3 is 5.97 Å². The molecule has 0 saturated carbocycles. The molecule has 1 aliphatic heterocycles. The molecule has 0 bridgehead atoms. The molecule has 7 nitrogen and oxygen atoms in total. The Balaban J connectivity index is 2.12. The highest BCUT2D eigenvalue weighted by molar-refractivity contribution is 5.75. The maximum atomic E-state index is 11.7. The summed E-state index contributed by atoms with van der Waals surface area (Å²) in [5.74, 6) is -0.352. The number of methoxy groups -OCH3 is 1. The zero-order chi connectivity index (χ0) is 14.5. The molecule has 1 aromatic carbocycles. The van der Waals surface area contributed by atoms with Crippen LogP contribution in [0.4, 0.5) is 5.69 Å². The molecule has 1 aliphatic rings. The number of carbonyl (C=O) groups excluding carboxylic acids is 1. The Morgan fingerprint density at radius 2 is 2.40 bits per heavy atom. The normalized spacial score (nSPS) is 19.6. The molecule has 1 atom stereocenters. The smallest absolute Gasteiger partial charge is 0.325 e. The van der Waals surface area contributed by atoms with Gasteiger partial charge in [0, 0.05) is 25.2 Å². The summed E-state index contributed by atoms with van der Waals surface area (Å²) in [6.07, 6.45) is 0. The molecule has 1 saturated heterocycles. The number of non-ortho nitro benzene ring substituents is 1. The quantitative estimate of drug-likeness (QED) is 0.464. The van der Waals surface area contributed by atoms with E-state index in [4.69, 9.17) is 9.47 Å². The Bertz CT molecular complexity index is 505. The fourth-order valence-corrected chi connectivity index (χ4v) is 2.18. The van der Waals surface area contributed by atoms with Crippen molar-refractivity contribution in [3.8, 4) is 0 Å². The molecule has 0 N–H and O–H groups in total. The number of ether oxygens (including phenoxy) is 2. The largest absolute Gasteiger partial charge is 0.468 e. The lowest BCUT2D eigenvalue weighted by atomic mass is 10.1. The number of nitrogens with zero attached hydrogens (tertiary/aromatic N) is 2. The molecule has 2 rings (SSSR count). The third kappa shape index (κ3) is 3.31. The van der Waals surface area contributed by atoms with Crippen molar-refractivity contribution in [2.24, 2.45) is 0 Å². The SMILES string of the molecule is COC(=O)C1COCCN1Cc1cccc([N+](=O)[O-])c1. The van der Waals surface area contributed by atoms with E-state index < -0.39 is 11.0 Å². The van der Waals surface area contributed by atoms with E-state index in [1.54, 1.807) is 12.1 Å². The number of hydrogen-bond acceptors (Lipinski definition) is 6. The highest BCUT2D eigenvalue weighted by Gasteiger charge is 2.30. The third-order valence-electron chi connectivity index (χ3n) is 3.22. The van der Waals surface area contributed by atoms with E-state index in [9.17, 15) is 14.9 Å². The number of nitro groups is 1. The van der Waals surface area contributed by atoms with E-state index >= 15 is 0 Å². The number of morpholine rings is 1. The first-order valence-electron chi connectivity index (χ1n) is 6.25. The van der Waals surface area contributed by atoms with Gasteiger partial charge in [0.15, 0.2) is 0 Å². The Morgan fingerprint density at radius 3 is 3.10 bits per heavy atom. The van der Waals surface area contributed by atoms with Crippen LogP contribution in [0.3, 0.4) is 0 Å². The number of benzene rings is 1. The predicted octanol–water partition coefficient (Wildman–Crippen LogP) is 0.969. The fraction of sp³-hybridized carbons (Fsp3) is 0.462. The molecule has 1 heterocycles. The molecule has 0 amide bonds. The number of nitro benzene ring substituents is 1. The Kier molecular flexibility index (Phi) is 4.65. The Morgan fingerprint density at radius 1 is 1.60 bits per heavy atom. The average Bonchev–Trinajstić information content (AvgIpc) is 2.47. The number of hydrogen-bond donors (Lipinski definition) is 0. The molecule has 1 fully saturated rings. The van der Waals surface area contributed by atoms with Crippen LogP contribution in [0.15, 0.2) is 24.3 Å². The summed E-state index contributed by atoms with van der Waals surface area (Å²) in [4.78, 5) is 23.9. The second-order valence-electron chi connectivity index (χ2n) is 4.51. The summed E-state index contributed by atoms with van der Waals surface area (Å²) in [7, 11) is 1.34. The summed E-state index contributed by atoms with van der Waals surface area (Å²) in [6, 6.07) is 5.94. The lowest BCUT2D eigenvalue weighted by Gasteiger charge is -2.33. The standard InChI is InChI=1S/C13H16N2O5/c1-19-13(16)12-9-20-6-5-14(12)8-10-3-2-4-11(7-10)15(17)18/h2-4,7,12H,5-6,8-9H2,1H3. The maximum Gasteiger partial charge on any atom is 0.325 e. The zero-order valence-corrected chi connectivity index (χ0v) is 11.2. The first-order valence-corrected chi connectivity index (χ1v) is 6.25. The highest BCUT2D eigenvalue weighted by Crippen LogP contribution is 2.17. The predicted molar refractivity (Wildman–Crippen MR) is 70.1 cm³/mol. The molecular weight excluding hydrogens is 264 g/mol. The van der Waals surface area contributed by atoms with Crippen molar-refractivity contribution in [3.05, 3.63) is 39.9 Å². The van der Waals surface area contributed by atoms with Crippen molar-refractivity contribution in [2.45, 2.75) is 12.6 Å². The van der Waals surface area contributed by atoms with Gasteiger partial charge in [-0.2, -0.15) is 0 Å². The van der Waals surface area contributed by atoms with Gasteiger partial charge in [0.2, 0.25) is 0 Å². The second kappa shape index (κ2) is 6.44. The van der Waals surface area contributed by atoms with Gasteiger partial charge in [-0.15, -0.1) is 0 Å². The van der Waals surface area contributed by atoms with Gasteiger partial charge in [-0.25, -0.2) is 0 Å².